The fourth-order valence-corrected chi connectivity index (χ4v) is 3.88. The van der Waals surface area contributed by atoms with Crippen molar-refractivity contribution in [1.82, 2.24) is 9.88 Å². The van der Waals surface area contributed by atoms with Gasteiger partial charge in [0.15, 0.2) is 0 Å². The number of ether oxygens (including phenoxy) is 1. The van der Waals surface area contributed by atoms with Crippen molar-refractivity contribution >= 4 is 12.1 Å². The first-order valence-electron chi connectivity index (χ1n) is 11.1. The summed E-state index contributed by atoms with van der Waals surface area (Å²) in [6.45, 7) is 6.60. The van der Waals surface area contributed by atoms with Crippen molar-refractivity contribution < 1.29 is 18.6 Å². The smallest absolute Gasteiger partial charge is 0.135 e. The summed E-state index contributed by atoms with van der Waals surface area (Å²) in [4.78, 5) is 14.8. The van der Waals surface area contributed by atoms with Gasteiger partial charge in [0.2, 0.25) is 0 Å². The molecule has 1 N–H and O–H groups in total. The highest BCUT2D eigenvalue weighted by Crippen LogP contribution is 2.28. The van der Waals surface area contributed by atoms with Gasteiger partial charge in [-0.05, 0) is 24.6 Å². The summed E-state index contributed by atoms with van der Waals surface area (Å²) >= 11 is 0. The van der Waals surface area contributed by atoms with E-state index >= 15 is 0 Å². The summed E-state index contributed by atoms with van der Waals surface area (Å²) in [5.74, 6) is -1.58. The van der Waals surface area contributed by atoms with Crippen LogP contribution in [0.3, 0.4) is 0 Å². The zero-order valence-corrected chi connectivity index (χ0v) is 18.7. The van der Waals surface area contributed by atoms with E-state index in [9.17, 15) is 13.9 Å². The summed E-state index contributed by atoms with van der Waals surface area (Å²) in [6, 6.07) is 5.37. The molecule has 4 rings (SSSR count). The molecule has 0 aliphatic carbocycles. The van der Waals surface area contributed by atoms with Gasteiger partial charge in [-0.3, -0.25) is 4.98 Å². The van der Waals surface area contributed by atoms with E-state index < -0.39 is 17.7 Å². The second-order valence-corrected chi connectivity index (χ2v) is 7.93. The lowest BCUT2D eigenvalue weighted by atomic mass is 9.96. The third-order valence-corrected chi connectivity index (χ3v) is 5.66. The van der Waals surface area contributed by atoms with Gasteiger partial charge >= 0.3 is 0 Å². The molecule has 0 bridgehead atoms. The molecule has 0 spiro atoms. The fraction of sp³-hybridized carbons (Fsp3) is 0.269. The third kappa shape index (κ3) is 5.52. The largest absolute Gasteiger partial charge is 0.383 e. The van der Waals surface area contributed by atoms with E-state index in [0.717, 1.165) is 24.9 Å². The van der Waals surface area contributed by atoms with E-state index in [2.05, 4.69) is 32.5 Å². The van der Waals surface area contributed by atoms with Crippen LogP contribution >= 0.6 is 0 Å². The van der Waals surface area contributed by atoms with Crippen molar-refractivity contribution in [3.8, 4) is 0 Å². The molecule has 34 heavy (non-hydrogen) atoms. The molecule has 3 heterocycles. The molecule has 176 valence electrons. The number of aliphatic hydroxyl groups excluding tert-OH is 1. The number of hydrogen-bond acceptors (Lipinski definition) is 6. The Morgan fingerprint density at radius 1 is 1.24 bits per heavy atom. The maximum Gasteiger partial charge on any atom is 0.135 e. The Kier molecular flexibility index (Phi) is 7.72. The van der Waals surface area contributed by atoms with Gasteiger partial charge in [0.25, 0.3) is 0 Å². The lowest BCUT2D eigenvalue weighted by Gasteiger charge is -2.30. The molecule has 2 aliphatic rings. The van der Waals surface area contributed by atoms with Gasteiger partial charge in [0.05, 0.1) is 24.6 Å². The van der Waals surface area contributed by atoms with Crippen LogP contribution in [-0.2, 0) is 4.74 Å². The lowest BCUT2D eigenvalue weighted by Crippen LogP contribution is -2.35. The van der Waals surface area contributed by atoms with Crippen molar-refractivity contribution in [3.05, 3.63) is 101 Å². The second-order valence-electron chi connectivity index (χ2n) is 7.93. The highest BCUT2D eigenvalue weighted by Gasteiger charge is 2.22. The van der Waals surface area contributed by atoms with Gasteiger partial charge in [-0.1, -0.05) is 18.2 Å². The Morgan fingerprint density at radius 2 is 2.06 bits per heavy atom. The summed E-state index contributed by atoms with van der Waals surface area (Å²) in [5, 5.41) is 10.7. The topological polar surface area (TPSA) is 70.3 Å². The van der Waals surface area contributed by atoms with Crippen LogP contribution in [0.4, 0.5) is 8.78 Å². The molecule has 2 aliphatic heterocycles. The van der Waals surface area contributed by atoms with Crippen LogP contribution in [0.5, 0.6) is 0 Å². The molecular weight excluding hydrogens is 438 g/mol. The summed E-state index contributed by atoms with van der Waals surface area (Å²) in [5.41, 5.74) is 2.59. The zero-order valence-electron chi connectivity index (χ0n) is 18.7. The molecule has 1 atom stereocenters. The van der Waals surface area contributed by atoms with Crippen LogP contribution in [0, 0.1) is 11.6 Å². The number of morpholine rings is 1. The van der Waals surface area contributed by atoms with Gasteiger partial charge in [-0.2, -0.15) is 0 Å². The van der Waals surface area contributed by atoms with Crippen molar-refractivity contribution in [1.29, 1.82) is 0 Å². The molecule has 2 aromatic rings. The number of rotatable bonds is 7. The first kappa shape index (κ1) is 23.7. The molecule has 1 fully saturated rings. The third-order valence-electron chi connectivity index (χ3n) is 5.66. The highest BCUT2D eigenvalue weighted by molar-refractivity contribution is 6.07. The van der Waals surface area contributed by atoms with Crippen molar-refractivity contribution in [2.75, 3.05) is 26.3 Å². The fourth-order valence-electron chi connectivity index (χ4n) is 3.88. The molecular formula is C26H26F2N4O2. The maximum atomic E-state index is 14.8. The molecule has 8 heteroatoms. The molecule has 6 nitrogen and oxygen atoms in total. The van der Waals surface area contributed by atoms with Gasteiger partial charge in [0, 0.05) is 60.4 Å². The molecule has 1 aromatic carbocycles. The quantitative estimate of drug-likeness (QED) is 0.619. The molecule has 1 saturated heterocycles. The monoisotopic (exact) mass is 464 g/mol. The van der Waals surface area contributed by atoms with Crippen molar-refractivity contribution in [3.63, 3.8) is 0 Å². The molecule has 0 radical (unpaired) electrons. The van der Waals surface area contributed by atoms with Crippen LogP contribution in [0.1, 0.15) is 35.6 Å². The Balaban J connectivity index is 1.62. The lowest BCUT2D eigenvalue weighted by molar-refractivity contribution is 0.0552. The molecule has 0 saturated carbocycles. The Bertz CT molecular complexity index is 1150. The average molecular weight is 465 g/mol. The van der Waals surface area contributed by atoms with E-state index in [0.29, 0.717) is 36.6 Å². The van der Waals surface area contributed by atoms with E-state index in [1.807, 2.05) is 12.2 Å². The van der Waals surface area contributed by atoms with Gasteiger partial charge < -0.3 is 14.7 Å². The number of benzene rings is 1. The summed E-state index contributed by atoms with van der Waals surface area (Å²) < 4.78 is 34.8. The van der Waals surface area contributed by atoms with E-state index in [-0.39, 0.29) is 17.5 Å². The summed E-state index contributed by atoms with van der Waals surface area (Å²) in [7, 11) is 0. The number of aliphatic hydroxyl groups is 1. The Hall–Kier alpha value is -3.49. The zero-order chi connectivity index (χ0) is 23.9. The number of aliphatic imine (C=N–C) groups is 2. The predicted molar refractivity (Wildman–Crippen MR) is 128 cm³/mol. The van der Waals surface area contributed by atoms with E-state index in [1.165, 1.54) is 18.6 Å². The van der Waals surface area contributed by atoms with Gasteiger partial charge in [-0.25, -0.2) is 18.8 Å². The van der Waals surface area contributed by atoms with Crippen molar-refractivity contribution in [2.45, 2.75) is 18.9 Å². The normalized spacial score (nSPS) is 18.7. The first-order chi connectivity index (χ1) is 16.6. The standard InChI is InChI=1S/C26H26F2N4O2/c1-2-3-6-20(32-8-10-34-11-9-32)12-19-13-25(31-17-30-19)21-14-22(24(28)15-23(21)27)26(33)18-5-4-7-29-16-18/h2,4-7,12,14-17,26,33H,1,3,8-11,13H2/b19-12+,20-6+. The number of aromatic nitrogens is 1. The number of allylic oxidation sites excluding steroid dienone is 4. The second kappa shape index (κ2) is 11.1. The van der Waals surface area contributed by atoms with Gasteiger partial charge in [-0.15, -0.1) is 6.58 Å². The Labute approximate surface area is 197 Å². The van der Waals surface area contributed by atoms with Crippen LogP contribution < -0.4 is 0 Å². The van der Waals surface area contributed by atoms with E-state index in [4.69, 9.17) is 4.74 Å². The predicted octanol–water partition coefficient (Wildman–Crippen LogP) is 4.34. The number of nitrogens with zero attached hydrogens (tertiary/aromatic N) is 4. The number of hydrogen-bond donors (Lipinski definition) is 1. The van der Waals surface area contributed by atoms with Crippen LogP contribution in [-0.4, -0.2) is 53.3 Å². The maximum absolute atomic E-state index is 14.8. The van der Waals surface area contributed by atoms with Crippen LogP contribution in [0.25, 0.3) is 0 Å². The number of halogens is 2. The number of pyridine rings is 1. The van der Waals surface area contributed by atoms with Gasteiger partial charge in [0.1, 0.15) is 24.1 Å². The van der Waals surface area contributed by atoms with E-state index in [1.54, 1.807) is 18.3 Å². The first-order valence-corrected chi connectivity index (χ1v) is 11.1. The SMILES string of the molecule is C=CC/C=C(\C=C1/CC(c2cc(C(O)c3cccnc3)c(F)cc2F)=NC=N1)N1CCOCC1. The highest BCUT2D eigenvalue weighted by atomic mass is 19.1. The Morgan fingerprint density at radius 3 is 2.79 bits per heavy atom. The van der Waals surface area contributed by atoms with Crippen molar-refractivity contribution in [2.24, 2.45) is 9.98 Å². The molecule has 0 amide bonds. The minimum atomic E-state index is -1.28. The summed E-state index contributed by atoms with van der Waals surface area (Å²) in [6.07, 6.45) is 9.88. The van der Waals surface area contributed by atoms with Crippen LogP contribution in [0.15, 0.2) is 82.8 Å². The minimum Gasteiger partial charge on any atom is -0.383 e. The molecule has 1 unspecified atom stereocenters. The van der Waals surface area contributed by atoms with Crippen LogP contribution in [0.2, 0.25) is 0 Å². The molecule has 1 aromatic heterocycles. The average Bonchev–Trinajstić information content (AvgIpc) is 2.87. The minimum absolute atomic E-state index is 0.0416.